The first-order valence-corrected chi connectivity index (χ1v) is 6.53. The minimum atomic E-state index is -0.416. The molecule has 0 saturated carbocycles. The molecule has 0 aliphatic heterocycles. The second-order valence-electron chi connectivity index (χ2n) is 4.61. The van der Waals surface area contributed by atoms with Gasteiger partial charge in [0, 0.05) is 5.69 Å². The van der Waals surface area contributed by atoms with E-state index in [0.29, 0.717) is 5.69 Å². The molecule has 0 fully saturated rings. The van der Waals surface area contributed by atoms with Gasteiger partial charge in [-0.2, -0.15) is 10.4 Å². The molecule has 0 aliphatic rings. The van der Waals surface area contributed by atoms with Gasteiger partial charge < -0.3 is 0 Å². The van der Waals surface area contributed by atoms with Gasteiger partial charge in [0.1, 0.15) is 11.6 Å². The zero-order valence-electron chi connectivity index (χ0n) is 11.9. The Balaban J connectivity index is 2.22. The summed E-state index contributed by atoms with van der Waals surface area (Å²) < 4.78 is 1.25. The fourth-order valence-corrected chi connectivity index (χ4v) is 1.92. The van der Waals surface area contributed by atoms with Gasteiger partial charge in [0.2, 0.25) is 0 Å². The predicted molar refractivity (Wildman–Crippen MR) is 81.5 cm³/mol. The number of aryl methyl sites for hydroxylation is 2. The lowest BCUT2D eigenvalue weighted by atomic mass is 10.2. The Hall–Kier alpha value is -2.93. The molecule has 4 heteroatoms. The molecular formula is C17H15N3O. The maximum absolute atomic E-state index is 12.2. The van der Waals surface area contributed by atoms with Crippen molar-refractivity contribution in [1.29, 1.82) is 5.26 Å². The van der Waals surface area contributed by atoms with Crippen molar-refractivity contribution in [2.75, 3.05) is 0 Å². The van der Waals surface area contributed by atoms with E-state index in [1.807, 2.05) is 49.4 Å². The fraction of sp³-hybridized carbons (Fsp3) is 0.118. The molecule has 2 aromatic rings. The molecule has 1 aromatic carbocycles. The minimum absolute atomic E-state index is 0.0494. The minimum Gasteiger partial charge on any atom is -0.266 e. The van der Waals surface area contributed by atoms with Gasteiger partial charge in [-0.05, 0) is 31.6 Å². The highest BCUT2D eigenvalue weighted by molar-refractivity contribution is 5.99. The van der Waals surface area contributed by atoms with Gasteiger partial charge in [0.15, 0.2) is 0 Å². The molecule has 0 atom stereocenters. The molecule has 1 heterocycles. The van der Waals surface area contributed by atoms with Crippen molar-refractivity contribution in [2.45, 2.75) is 13.8 Å². The van der Waals surface area contributed by atoms with Crippen LogP contribution < -0.4 is 0 Å². The van der Waals surface area contributed by atoms with Crippen LogP contribution in [0.2, 0.25) is 0 Å². The molecule has 0 bridgehead atoms. The average molecular weight is 277 g/mol. The highest BCUT2D eigenvalue weighted by Gasteiger charge is 2.14. The number of aromatic nitrogens is 2. The van der Waals surface area contributed by atoms with E-state index in [9.17, 15) is 4.79 Å². The lowest BCUT2D eigenvalue weighted by Gasteiger charge is -2.00. The number of nitrogens with zero attached hydrogens (tertiary/aromatic N) is 3. The summed E-state index contributed by atoms with van der Waals surface area (Å²) in [5.74, 6) is -0.416. The van der Waals surface area contributed by atoms with E-state index in [0.717, 1.165) is 11.3 Å². The first kappa shape index (κ1) is 14.5. The Bertz CT molecular complexity index is 746. The summed E-state index contributed by atoms with van der Waals surface area (Å²) in [4.78, 5) is 12.2. The van der Waals surface area contributed by atoms with Crippen LogP contribution in [-0.4, -0.2) is 15.7 Å². The van der Waals surface area contributed by atoms with Crippen LogP contribution in [0.3, 0.4) is 0 Å². The lowest BCUT2D eigenvalue weighted by Crippen LogP contribution is -2.15. The normalized spacial score (nSPS) is 11.6. The van der Waals surface area contributed by atoms with Crippen LogP contribution in [0.1, 0.15) is 21.7 Å². The number of rotatable bonds is 3. The van der Waals surface area contributed by atoms with Crippen molar-refractivity contribution in [3.63, 3.8) is 0 Å². The van der Waals surface area contributed by atoms with E-state index < -0.39 is 5.91 Å². The summed E-state index contributed by atoms with van der Waals surface area (Å²) in [7, 11) is 0. The monoisotopic (exact) mass is 277 g/mol. The molecule has 2 rings (SSSR count). The van der Waals surface area contributed by atoms with Crippen LogP contribution in [0.15, 0.2) is 54.1 Å². The van der Waals surface area contributed by atoms with E-state index in [4.69, 9.17) is 5.26 Å². The van der Waals surface area contributed by atoms with E-state index in [2.05, 4.69) is 5.10 Å². The third-order valence-corrected chi connectivity index (χ3v) is 2.90. The smallest absolute Gasteiger partial charge is 0.266 e. The molecule has 1 aromatic heterocycles. The van der Waals surface area contributed by atoms with Crippen molar-refractivity contribution in [3.8, 4) is 6.07 Å². The van der Waals surface area contributed by atoms with Crippen molar-refractivity contribution in [3.05, 3.63) is 71.1 Å². The maximum atomic E-state index is 12.2. The molecule has 4 nitrogen and oxygen atoms in total. The van der Waals surface area contributed by atoms with Gasteiger partial charge in [-0.15, -0.1) is 0 Å². The number of carbonyl (C=O) groups excluding carboxylic acids is 1. The largest absolute Gasteiger partial charge is 0.289 e. The number of nitriles is 1. The van der Waals surface area contributed by atoms with Crippen LogP contribution in [0.4, 0.5) is 0 Å². The molecule has 21 heavy (non-hydrogen) atoms. The molecule has 0 N–H and O–H groups in total. The van der Waals surface area contributed by atoms with Crippen LogP contribution >= 0.6 is 0 Å². The van der Waals surface area contributed by atoms with Crippen molar-refractivity contribution >= 4 is 12.0 Å². The molecule has 0 saturated heterocycles. The van der Waals surface area contributed by atoms with Gasteiger partial charge in [-0.1, -0.05) is 42.5 Å². The SMILES string of the molecule is Cc1cc(C)n(C(=O)/C(C#N)=C/C=C/c2ccccc2)n1. The Morgan fingerprint density at radius 3 is 2.57 bits per heavy atom. The Labute approximate surface area is 123 Å². The summed E-state index contributed by atoms with van der Waals surface area (Å²) in [5.41, 5.74) is 2.52. The molecule has 0 radical (unpaired) electrons. The van der Waals surface area contributed by atoms with Gasteiger partial charge in [-0.25, -0.2) is 4.68 Å². The van der Waals surface area contributed by atoms with Crippen LogP contribution in [0.25, 0.3) is 6.08 Å². The third-order valence-electron chi connectivity index (χ3n) is 2.90. The highest BCUT2D eigenvalue weighted by Crippen LogP contribution is 2.07. The summed E-state index contributed by atoms with van der Waals surface area (Å²) in [6.45, 7) is 3.59. The van der Waals surface area contributed by atoms with Crippen molar-refractivity contribution in [1.82, 2.24) is 9.78 Å². The second-order valence-corrected chi connectivity index (χ2v) is 4.61. The first-order valence-electron chi connectivity index (χ1n) is 6.53. The molecule has 0 spiro atoms. The summed E-state index contributed by atoms with van der Waals surface area (Å²) in [6.07, 6.45) is 5.04. The number of hydrogen-bond donors (Lipinski definition) is 0. The van der Waals surface area contributed by atoms with E-state index >= 15 is 0 Å². The number of benzene rings is 1. The molecule has 104 valence electrons. The summed E-state index contributed by atoms with van der Waals surface area (Å²) in [5, 5.41) is 13.2. The van der Waals surface area contributed by atoms with Gasteiger partial charge in [0.05, 0.1) is 5.69 Å². The highest BCUT2D eigenvalue weighted by atomic mass is 16.2. The molecular weight excluding hydrogens is 262 g/mol. The third kappa shape index (κ3) is 3.54. The number of allylic oxidation sites excluding steroid dienone is 3. The Morgan fingerprint density at radius 1 is 1.29 bits per heavy atom. The summed E-state index contributed by atoms with van der Waals surface area (Å²) in [6, 6.07) is 13.4. The average Bonchev–Trinajstić information content (AvgIpc) is 2.83. The van der Waals surface area contributed by atoms with Crippen LogP contribution in [0, 0.1) is 25.2 Å². The molecule has 0 amide bonds. The second kappa shape index (κ2) is 6.49. The van der Waals surface area contributed by atoms with Gasteiger partial charge >= 0.3 is 0 Å². The van der Waals surface area contributed by atoms with E-state index in [1.54, 1.807) is 19.1 Å². The maximum Gasteiger partial charge on any atom is 0.289 e. The fourth-order valence-electron chi connectivity index (χ4n) is 1.92. The topological polar surface area (TPSA) is 58.7 Å². The van der Waals surface area contributed by atoms with Crippen molar-refractivity contribution < 1.29 is 4.79 Å². The number of hydrogen-bond acceptors (Lipinski definition) is 3. The quantitative estimate of drug-likeness (QED) is 0.491. The van der Waals surface area contributed by atoms with E-state index in [1.165, 1.54) is 10.8 Å². The first-order chi connectivity index (χ1) is 10.1. The zero-order chi connectivity index (χ0) is 15.2. The number of carbonyl (C=O) groups is 1. The van der Waals surface area contributed by atoms with Gasteiger partial charge in [-0.3, -0.25) is 4.79 Å². The predicted octanol–water partition coefficient (Wildman–Crippen LogP) is 3.30. The standard InChI is InChI=1S/C17H15N3O/c1-13-11-14(2)20(19-13)17(21)16(12-18)10-6-9-15-7-4-3-5-8-15/h3-11H,1-2H3/b9-6+,16-10+. The van der Waals surface area contributed by atoms with E-state index in [-0.39, 0.29) is 5.57 Å². The summed E-state index contributed by atoms with van der Waals surface area (Å²) >= 11 is 0. The molecule has 0 aliphatic carbocycles. The Morgan fingerprint density at radius 2 is 2.00 bits per heavy atom. The lowest BCUT2D eigenvalue weighted by molar-refractivity contribution is 0.0942. The zero-order valence-corrected chi connectivity index (χ0v) is 11.9. The van der Waals surface area contributed by atoms with Crippen LogP contribution in [0.5, 0.6) is 0 Å². The van der Waals surface area contributed by atoms with Crippen LogP contribution in [-0.2, 0) is 0 Å². The molecule has 0 unspecified atom stereocenters. The Kier molecular flexibility index (Phi) is 4.47. The van der Waals surface area contributed by atoms with Crippen molar-refractivity contribution in [2.24, 2.45) is 0 Å². The van der Waals surface area contributed by atoms with Gasteiger partial charge in [0.25, 0.3) is 5.91 Å².